The van der Waals surface area contributed by atoms with Crippen molar-refractivity contribution in [3.05, 3.63) is 29.8 Å². The second-order valence-corrected chi connectivity index (χ2v) is 5.70. The van der Waals surface area contributed by atoms with E-state index >= 15 is 0 Å². The van der Waals surface area contributed by atoms with E-state index in [1.807, 2.05) is 36.2 Å². The molecule has 0 saturated carbocycles. The van der Waals surface area contributed by atoms with Gasteiger partial charge in [0.1, 0.15) is 12.4 Å². The Hall–Kier alpha value is -1.54. The number of nitrogens with zero attached hydrogens (tertiary/aromatic N) is 1. The van der Waals surface area contributed by atoms with Crippen LogP contribution >= 0.6 is 0 Å². The summed E-state index contributed by atoms with van der Waals surface area (Å²) in [5.41, 5.74) is 0.183. The number of hydrogen-bond acceptors (Lipinski definition) is 4. The summed E-state index contributed by atoms with van der Waals surface area (Å²) < 4.78 is 5.70. The first-order valence-electron chi connectivity index (χ1n) is 7.14. The Morgan fingerprint density at radius 2 is 2.10 bits per heavy atom. The standard InChI is InChI=1S/C17H25NO3/c1-17(2,20)14-18(3)10-12-21-16-9-6-8-15(13-16)7-4-5-11-19/h6,8-9,13,19-20H,5,10-12,14H2,1-3H3. The minimum absolute atomic E-state index is 0.0801. The van der Waals surface area contributed by atoms with E-state index < -0.39 is 5.60 Å². The summed E-state index contributed by atoms with van der Waals surface area (Å²) in [5, 5.41) is 18.4. The van der Waals surface area contributed by atoms with Gasteiger partial charge in [-0.15, -0.1) is 0 Å². The molecule has 21 heavy (non-hydrogen) atoms. The maximum Gasteiger partial charge on any atom is 0.120 e. The van der Waals surface area contributed by atoms with Crippen LogP contribution in [0, 0.1) is 11.8 Å². The van der Waals surface area contributed by atoms with Gasteiger partial charge in [0.2, 0.25) is 0 Å². The maximum absolute atomic E-state index is 9.73. The first-order chi connectivity index (χ1) is 9.90. The molecule has 4 heteroatoms. The molecule has 0 amide bonds. The van der Waals surface area contributed by atoms with Crippen molar-refractivity contribution >= 4 is 0 Å². The lowest BCUT2D eigenvalue weighted by atomic mass is 10.1. The molecule has 0 radical (unpaired) electrons. The van der Waals surface area contributed by atoms with E-state index in [0.717, 1.165) is 17.9 Å². The van der Waals surface area contributed by atoms with Gasteiger partial charge in [-0.25, -0.2) is 0 Å². The number of ether oxygens (including phenoxy) is 1. The smallest absolute Gasteiger partial charge is 0.120 e. The van der Waals surface area contributed by atoms with Crippen LogP contribution in [0.4, 0.5) is 0 Å². The van der Waals surface area contributed by atoms with Gasteiger partial charge in [0.05, 0.1) is 12.2 Å². The monoisotopic (exact) mass is 291 g/mol. The van der Waals surface area contributed by atoms with Gasteiger partial charge in [-0.1, -0.05) is 17.9 Å². The summed E-state index contributed by atoms with van der Waals surface area (Å²) >= 11 is 0. The Morgan fingerprint density at radius 1 is 1.33 bits per heavy atom. The fourth-order valence-corrected chi connectivity index (χ4v) is 1.94. The summed E-state index contributed by atoms with van der Waals surface area (Å²) in [6, 6.07) is 7.60. The van der Waals surface area contributed by atoms with Gasteiger partial charge in [0.15, 0.2) is 0 Å². The summed E-state index contributed by atoms with van der Waals surface area (Å²) in [6.07, 6.45) is 0.479. The van der Waals surface area contributed by atoms with Crippen LogP contribution in [0.1, 0.15) is 25.8 Å². The zero-order chi connectivity index (χ0) is 15.7. The molecule has 0 aromatic heterocycles. The fraction of sp³-hybridized carbons (Fsp3) is 0.529. The van der Waals surface area contributed by atoms with Gasteiger partial charge in [-0.05, 0) is 39.1 Å². The van der Waals surface area contributed by atoms with Crippen LogP contribution in [0.2, 0.25) is 0 Å². The molecular formula is C17H25NO3. The molecular weight excluding hydrogens is 266 g/mol. The van der Waals surface area contributed by atoms with E-state index in [2.05, 4.69) is 11.8 Å². The highest BCUT2D eigenvalue weighted by Gasteiger charge is 2.15. The molecule has 0 spiro atoms. The zero-order valence-electron chi connectivity index (χ0n) is 13.1. The Bertz CT molecular complexity index is 483. The molecule has 1 aromatic rings. The fourth-order valence-electron chi connectivity index (χ4n) is 1.94. The normalized spacial score (nSPS) is 11.1. The molecule has 0 aliphatic heterocycles. The van der Waals surface area contributed by atoms with Crippen molar-refractivity contribution in [1.29, 1.82) is 0 Å². The summed E-state index contributed by atoms with van der Waals surface area (Å²) in [5.74, 6) is 6.65. The van der Waals surface area contributed by atoms with E-state index in [0.29, 0.717) is 19.6 Å². The topological polar surface area (TPSA) is 52.9 Å². The van der Waals surface area contributed by atoms with Crippen molar-refractivity contribution in [3.63, 3.8) is 0 Å². The Balaban J connectivity index is 2.42. The molecule has 0 atom stereocenters. The first kappa shape index (κ1) is 17.5. The number of likely N-dealkylation sites (N-methyl/N-ethyl adjacent to an activating group) is 1. The average Bonchev–Trinajstić information content (AvgIpc) is 2.37. The lowest BCUT2D eigenvalue weighted by molar-refractivity contribution is 0.0411. The van der Waals surface area contributed by atoms with Crippen LogP contribution in [0.5, 0.6) is 5.75 Å². The Morgan fingerprint density at radius 3 is 2.76 bits per heavy atom. The molecule has 0 heterocycles. The molecule has 0 bridgehead atoms. The van der Waals surface area contributed by atoms with Crippen molar-refractivity contribution in [3.8, 4) is 17.6 Å². The third kappa shape index (κ3) is 8.36. The quantitative estimate of drug-likeness (QED) is 0.748. The van der Waals surface area contributed by atoms with Crippen molar-refractivity contribution in [2.45, 2.75) is 25.9 Å². The highest BCUT2D eigenvalue weighted by atomic mass is 16.5. The number of rotatable bonds is 7. The molecule has 0 aliphatic carbocycles. The third-order valence-electron chi connectivity index (χ3n) is 2.70. The summed E-state index contributed by atoms with van der Waals surface area (Å²) in [7, 11) is 1.96. The molecule has 2 N–H and O–H groups in total. The Kier molecular flexibility index (Phi) is 7.24. The molecule has 0 saturated heterocycles. The first-order valence-corrected chi connectivity index (χ1v) is 7.14. The van der Waals surface area contributed by atoms with Crippen molar-refractivity contribution < 1.29 is 14.9 Å². The van der Waals surface area contributed by atoms with Crippen LogP contribution in [0.3, 0.4) is 0 Å². The second kappa shape index (κ2) is 8.68. The zero-order valence-corrected chi connectivity index (χ0v) is 13.1. The molecule has 0 unspecified atom stereocenters. The van der Waals surface area contributed by atoms with Gasteiger partial charge in [0, 0.05) is 25.1 Å². The largest absolute Gasteiger partial charge is 0.492 e. The molecule has 4 nitrogen and oxygen atoms in total. The predicted molar refractivity (Wildman–Crippen MR) is 84.3 cm³/mol. The van der Waals surface area contributed by atoms with E-state index in [1.54, 1.807) is 13.8 Å². The van der Waals surface area contributed by atoms with E-state index in [-0.39, 0.29) is 6.61 Å². The van der Waals surface area contributed by atoms with Gasteiger partial charge in [0.25, 0.3) is 0 Å². The average molecular weight is 291 g/mol. The second-order valence-electron chi connectivity index (χ2n) is 5.70. The van der Waals surface area contributed by atoms with E-state index in [1.165, 1.54) is 0 Å². The van der Waals surface area contributed by atoms with Gasteiger partial charge >= 0.3 is 0 Å². The van der Waals surface area contributed by atoms with Crippen molar-refractivity contribution in [2.75, 3.05) is 33.4 Å². The highest BCUT2D eigenvalue weighted by molar-refractivity contribution is 5.39. The lowest BCUT2D eigenvalue weighted by Crippen LogP contribution is -2.38. The van der Waals surface area contributed by atoms with Gasteiger partial charge in [-0.3, -0.25) is 0 Å². The predicted octanol–water partition coefficient (Wildman–Crippen LogP) is 1.50. The van der Waals surface area contributed by atoms with Crippen LogP contribution in [0.15, 0.2) is 24.3 Å². The Labute approximate surface area is 127 Å². The molecule has 0 aliphatic rings. The minimum atomic E-state index is -0.697. The number of aliphatic hydroxyl groups is 2. The minimum Gasteiger partial charge on any atom is -0.492 e. The number of benzene rings is 1. The third-order valence-corrected chi connectivity index (χ3v) is 2.70. The van der Waals surface area contributed by atoms with E-state index in [4.69, 9.17) is 9.84 Å². The van der Waals surface area contributed by atoms with Crippen LogP contribution in [0.25, 0.3) is 0 Å². The van der Waals surface area contributed by atoms with Crippen LogP contribution in [-0.4, -0.2) is 54.1 Å². The highest BCUT2D eigenvalue weighted by Crippen LogP contribution is 2.12. The molecule has 0 fully saturated rings. The lowest BCUT2D eigenvalue weighted by Gasteiger charge is -2.25. The van der Waals surface area contributed by atoms with Gasteiger partial charge in [-0.2, -0.15) is 0 Å². The summed E-state index contributed by atoms with van der Waals surface area (Å²) in [6.45, 7) is 5.56. The van der Waals surface area contributed by atoms with E-state index in [9.17, 15) is 5.11 Å². The molecule has 116 valence electrons. The van der Waals surface area contributed by atoms with Crippen LogP contribution < -0.4 is 4.74 Å². The van der Waals surface area contributed by atoms with Crippen molar-refractivity contribution in [1.82, 2.24) is 4.90 Å². The summed E-state index contributed by atoms with van der Waals surface area (Å²) in [4.78, 5) is 2.03. The molecule has 1 rings (SSSR count). The SMILES string of the molecule is CN(CCOc1cccc(C#CCCO)c1)CC(C)(C)O. The number of aliphatic hydroxyl groups excluding tert-OH is 1. The van der Waals surface area contributed by atoms with Crippen molar-refractivity contribution in [2.24, 2.45) is 0 Å². The number of hydrogen-bond donors (Lipinski definition) is 2. The maximum atomic E-state index is 9.73. The molecule has 1 aromatic carbocycles. The van der Waals surface area contributed by atoms with Crippen LogP contribution in [-0.2, 0) is 0 Å². The van der Waals surface area contributed by atoms with Gasteiger partial charge < -0.3 is 19.8 Å².